The SMILES string of the molecule is COC(=O)c1ccc(O[C@H]2C[C@@H]3CN(CCC4OCCCO4)C[C@@H]3C[C@@H]2O)cc1. The molecule has 7 heteroatoms. The van der Waals surface area contributed by atoms with Crippen molar-refractivity contribution in [1.29, 1.82) is 0 Å². The molecule has 1 aromatic rings. The predicted octanol–water partition coefficient (Wildman–Crippen LogP) is 2.08. The minimum Gasteiger partial charge on any atom is -0.488 e. The van der Waals surface area contributed by atoms with Crippen LogP contribution in [0.15, 0.2) is 24.3 Å². The van der Waals surface area contributed by atoms with E-state index in [-0.39, 0.29) is 18.4 Å². The van der Waals surface area contributed by atoms with Crippen molar-refractivity contribution in [3.8, 4) is 5.75 Å². The second kappa shape index (κ2) is 9.43. The number of methoxy groups -OCH3 is 1. The van der Waals surface area contributed by atoms with Crippen LogP contribution in [-0.4, -0.2) is 74.4 Å². The predicted molar refractivity (Wildman–Crippen MR) is 106 cm³/mol. The van der Waals surface area contributed by atoms with E-state index in [2.05, 4.69) is 4.90 Å². The van der Waals surface area contributed by atoms with Crippen LogP contribution in [0.25, 0.3) is 0 Å². The second-order valence-electron chi connectivity index (χ2n) is 8.30. The van der Waals surface area contributed by atoms with Gasteiger partial charge in [-0.3, -0.25) is 0 Å². The Bertz CT molecular complexity index is 674. The van der Waals surface area contributed by atoms with Crippen LogP contribution < -0.4 is 4.74 Å². The second-order valence-corrected chi connectivity index (χ2v) is 8.30. The minimum atomic E-state index is -0.471. The third-order valence-electron chi connectivity index (χ3n) is 6.30. The Hall–Kier alpha value is -1.67. The van der Waals surface area contributed by atoms with E-state index in [9.17, 15) is 9.90 Å². The Kier molecular flexibility index (Phi) is 6.70. The zero-order valence-corrected chi connectivity index (χ0v) is 17.0. The molecular weight excluding hydrogens is 374 g/mol. The van der Waals surface area contributed by atoms with Gasteiger partial charge < -0.3 is 29.0 Å². The van der Waals surface area contributed by atoms with Crippen LogP contribution in [0.3, 0.4) is 0 Å². The van der Waals surface area contributed by atoms with Gasteiger partial charge in [0.15, 0.2) is 6.29 Å². The average Bonchev–Trinajstić information content (AvgIpc) is 3.14. The summed E-state index contributed by atoms with van der Waals surface area (Å²) < 4.78 is 22.1. The topological polar surface area (TPSA) is 77.5 Å². The van der Waals surface area contributed by atoms with Gasteiger partial charge in [-0.15, -0.1) is 0 Å². The quantitative estimate of drug-likeness (QED) is 0.726. The highest BCUT2D eigenvalue weighted by Gasteiger charge is 2.42. The minimum absolute atomic E-state index is 0.0685. The highest BCUT2D eigenvalue weighted by molar-refractivity contribution is 5.89. The van der Waals surface area contributed by atoms with Crippen LogP contribution in [0.1, 0.15) is 36.0 Å². The molecule has 3 aliphatic rings. The molecule has 0 amide bonds. The fraction of sp³-hybridized carbons (Fsp3) is 0.682. The first-order valence-electron chi connectivity index (χ1n) is 10.6. The number of esters is 1. The molecule has 160 valence electrons. The van der Waals surface area contributed by atoms with Crippen LogP contribution in [-0.2, 0) is 14.2 Å². The lowest BCUT2D eigenvalue weighted by molar-refractivity contribution is -0.182. The van der Waals surface area contributed by atoms with Crippen LogP contribution in [0.2, 0.25) is 0 Å². The number of hydrogen-bond acceptors (Lipinski definition) is 7. The van der Waals surface area contributed by atoms with Crippen molar-refractivity contribution in [2.75, 3.05) is 40.0 Å². The molecule has 4 atom stereocenters. The molecule has 29 heavy (non-hydrogen) atoms. The highest BCUT2D eigenvalue weighted by atomic mass is 16.7. The molecular formula is C22H31NO6. The first-order valence-corrected chi connectivity index (χ1v) is 10.6. The third kappa shape index (κ3) is 5.09. The van der Waals surface area contributed by atoms with E-state index < -0.39 is 6.10 Å². The van der Waals surface area contributed by atoms with Gasteiger partial charge in [-0.1, -0.05) is 0 Å². The molecule has 4 rings (SSSR count). The van der Waals surface area contributed by atoms with Crippen molar-refractivity contribution in [2.24, 2.45) is 11.8 Å². The van der Waals surface area contributed by atoms with Gasteiger partial charge in [-0.05, 0) is 55.4 Å². The number of aliphatic hydroxyl groups excluding tert-OH is 1. The lowest BCUT2D eigenvalue weighted by Crippen LogP contribution is -2.42. The largest absolute Gasteiger partial charge is 0.488 e. The molecule has 3 fully saturated rings. The number of hydrogen-bond donors (Lipinski definition) is 1. The van der Waals surface area contributed by atoms with E-state index in [1.54, 1.807) is 24.3 Å². The summed E-state index contributed by atoms with van der Waals surface area (Å²) in [6.45, 7) is 4.61. The lowest BCUT2D eigenvalue weighted by atomic mass is 9.78. The standard InChI is InChI=1S/C22H31NO6/c1-26-22(25)15-3-5-18(6-4-15)29-20-12-17-14-23(13-16(17)11-19(20)24)8-7-21-27-9-2-10-28-21/h3-6,16-17,19-21,24H,2,7-14H2,1H3/t16-,17+,19-,20-/m0/s1. The van der Waals surface area contributed by atoms with Gasteiger partial charge in [0.25, 0.3) is 0 Å². The molecule has 0 spiro atoms. The highest BCUT2D eigenvalue weighted by Crippen LogP contribution is 2.38. The van der Waals surface area contributed by atoms with Crippen molar-refractivity contribution in [3.05, 3.63) is 29.8 Å². The van der Waals surface area contributed by atoms with Crippen molar-refractivity contribution in [2.45, 2.75) is 44.2 Å². The Morgan fingerprint density at radius 2 is 1.83 bits per heavy atom. The van der Waals surface area contributed by atoms with Gasteiger partial charge in [0, 0.05) is 26.1 Å². The number of fused-ring (bicyclic) bond motifs is 1. The first kappa shape index (κ1) is 20.6. The molecule has 0 aromatic heterocycles. The molecule has 0 unspecified atom stereocenters. The molecule has 1 aliphatic carbocycles. The molecule has 1 saturated carbocycles. The molecule has 7 nitrogen and oxygen atoms in total. The zero-order chi connectivity index (χ0) is 20.2. The monoisotopic (exact) mass is 405 g/mol. The van der Waals surface area contributed by atoms with Crippen LogP contribution in [0.5, 0.6) is 5.75 Å². The fourth-order valence-corrected chi connectivity index (χ4v) is 4.75. The third-order valence-corrected chi connectivity index (χ3v) is 6.30. The number of carbonyl (C=O) groups excluding carboxylic acids is 1. The van der Waals surface area contributed by atoms with Crippen LogP contribution in [0.4, 0.5) is 0 Å². The number of likely N-dealkylation sites (tertiary alicyclic amines) is 1. The molecule has 0 radical (unpaired) electrons. The fourth-order valence-electron chi connectivity index (χ4n) is 4.75. The molecule has 2 saturated heterocycles. The summed E-state index contributed by atoms with van der Waals surface area (Å²) >= 11 is 0. The van der Waals surface area contributed by atoms with E-state index in [1.807, 2.05) is 0 Å². The van der Waals surface area contributed by atoms with Crippen molar-refractivity contribution in [3.63, 3.8) is 0 Å². The summed E-state index contributed by atoms with van der Waals surface area (Å²) in [5.74, 6) is 1.35. The summed E-state index contributed by atoms with van der Waals surface area (Å²) in [5, 5.41) is 10.6. The first-order chi connectivity index (χ1) is 14.1. The number of ether oxygens (including phenoxy) is 4. The van der Waals surface area contributed by atoms with Gasteiger partial charge in [0.2, 0.25) is 0 Å². The van der Waals surface area contributed by atoms with Gasteiger partial charge in [0.05, 0.1) is 32.0 Å². The number of benzene rings is 1. The van der Waals surface area contributed by atoms with Crippen molar-refractivity contribution < 1.29 is 28.8 Å². The summed E-state index contributed by atoms with van der Waals surface area (Å²) in [7, 11) is 1.36. The van der Waals surface area contributed by atoms with Gasteiger partial charge in [0.1, 0.15) is 11.9 Å². The Morgan fingerprint density at radius 3 is 2.52 bits per heavy atom. The van der Waals surface area contributed by atoms with Crippen LogP contribution in [0, 0.1) is 11.8 Å². The maximum Gasteiger partial charge on any atom is 0.337 e. The van der Waals surface area contributed by atoms with E-state index >= 15 is 0 Å². The average molecular weight is 405 g/mol. The molecule has 2 aliphatic heterocycles. The number of nitrogens with zero attached hydrogens (tertiary/aromatic N) is 1. The number of aliphatic hydroxyl groups is 1. The van der Waals surface area contributed by atoms with E-state index in [1.165, 1.54) is 7.11 Å². The summed E-state index contributed by atoms with van der Waals surface area (Å²) in [6, 6.07) is 6.89. The summed E-state index contributed by atoms with van der Waals surface area (Å²) in [4.78, 5) is 14.0. The van der Waals surface area contributed by atoms with Gasteiger partial charge in [-0.2, -0.15) is 0 Å². The Balaban J connectivity index is 1.28. The maximum absolute atomic E-state index is 11.6. The van der Waals surface area contributed by atoms with E-state index in [0.717, 1.165) is 58.5 Å². The smallest absolute Gasteiger partial charge is 0.337 e. The van der Waals surface area contributed by atoms with Crippen molar-refractivity contribution in [1.82, 2.24) is 4.90 Å². The molecule has 0 bridgehead atoms. The normalized spacial score (nSPS) is 30.7. The van der Waals surface area contributed by atoms with Gasteiger partial charge in [-0.25, -0.2) is 4.79 Å². The van der Waals surface area contributed by atoms with Crippen molar-refractivity contribution >= 4 is 5.97 Å². The molecule has 2 heterocycles. The molecule has 1 N–H and O–H groups in total. The lowest BCUT2D eigenvalue weighted by Gasteiger charge is -2.35. The van der Waals surface area contributed by atoms with Gasteiger partial charge >= 0.3 is 5.97 Å². The van der Waals surface area contributed by atoms with E-state index in [4.69, 9.17) is 18.9 Å². The zero-order valence-electron chi connectivity index (χ0n) is 17.0. The summed E-state index contributed by atoms with van der Waals surface area (Å²) in [6.07, 6.45) is 2.73. The number of rotatable bonds is 6. The maximum atomic E-state index is 11.6. The Labute approximate surface area is 171 Å². The molecule has 1 aromatic carbocycles. The summed E-state index contributed by atoms with van der Waals surface area (Å²) in [5.41, 5.74) is 0.487. The number of carbonyl (C=O) groups is 1. The van der Waals surface area contributed by atoms with E-state index in [0.29, 0.717) is 23.1 Å². The Morgan fingerprint density at radius 1 is 1.14 bits per heavy atom. The van der Waals surface area contributed by atoms with Crippen LogP contribution >= 0.6 is 0 Å².